The van der Waals surface area contributed by atoms with Gasteiger partial charge in [-0.2, -0.15) is 0 Å². The van der Waals surface area contributed by atoms with Crippen molar-refractivity contribution >= 4 is 60.9 Å². The molecule has 0 bridgehead atoms. The number of oxazole rings is 1. The first kappa shape index (κ1) is 21.7. The highest BCUT2D eigenvalue weighted by Crippen LogP contribution is 2.42. The SMILES string of the molecule is c1ccc(N(c2ccccc2)c2ccc3c(c2)oc2c4ccccc4c(-c4nc5ccccc5o4)cc32)cc1. The molecule has 0 spiro atoms. The van der Waals surface area contributed by atoms with Crippen molar-refractivity contribution in [1.82, 2.24) is 4.98 Å². The average molecular weight is 503 g/mol. The lowest BCUT2D eigenvalue weighted by atomic mass is 10.00. The molecule has 0 aliphatic carbocycles. The predicted molar refractivity (Wildman–Crippen MR) is 159 cm³/mol. The molecular weight excluding hydrogens is 480 g/mol. The molecule has 39 heavy (non-hydrogen) atoms. The fourth-order valence-corrected chi connectivity index (χ4v) is 5.49. The molecule has 184 valence electrons. The zero-order chi connectivity index (χ0) is 25.8. The number of fused-ring (bicyclic) bond motifs is 6. The summed E-state index contributed by atoms with van der Waals surface area (Å²) in [5.74, 6) is 0.611. The molecule has 0 saturated heterocycles. The summed E-state index contributed by atoms with van der Waals surface area (Å²) in [5, 5.41) is 4.18. The van der Waals surface area contributed by atoms with Gasteiger partial charge in [-0.05, 0) is 60.0 Å². The molecule has 8 rings (SSSR count). The summed E-state index contributed by atoms with van der Waals surface area (Å²) >= 11 is 0. The van der Waals surface area contributed by atoms with Crippen LogP contribution in [0.5, 0.6) is 0 Å². The van der Waals surface area contributed by atoms with E-state index in [0.717, 1.165) is 66.4 Å². The van der Waals surface area contributed by atoms with Crippen LogP contribution in [0.2, 0.25) is 0 Å². The molecule has 4 heteroatoms. The summed E-state index contributed by atoms with van der Waals surface area (Å²) in [5.41, 5.74) is 7.48. The van der Waals surface area contributed by atoms with Crippen molar-refractivity contribution in [3.8, 4) is 11.5 Å². The summed E-state index contributed by atoms with van der Waals surface area (Å²) in [4.78, 5) is 7.05. The number of nitrogens with zero attached hydrogens (tertiary/aromatic N) is 2. The van der Waals surface area contributed by atoms with E-state index in [1.54, 1.807) is 0 Å². The van der Waals surface area contributed by atoms with E-state index >= 15 is 0 Å². The van der Waals surface area contributed by atoms with Crippen molar-refractivity contribution < 1.29 is 8.83 Å². The minimum Gasteiger partial charge on any atom is -0.455 e. The number of furan rings is 1. The Morgan fingerprint density at radius 2 is 1.13 bits per heavy atom. The topological polar surface area (TPSA) is 42.4 Å². The first-order valence-corrected chi connectivity index (χ1v) is 13.0. The molecule has 4 nitrogen and oxygen atoms in total. The monoisotopic (exact) mass is 502 g/mol. The number of anilines is 3. The molecule has 2 heterocycles. The minimum absolute atomic E-state index is 0.611. The summed E-state index contributed by atoms with van der Waals surface area (Å²) in [7, 11) is 0. The normalized spacial score (nSPS) is 11.6. The van der Waals surface area contributed by atoms with Gasteiger partial charge in [0.25, 0.3) is 0 Å². The average Bonchev–Trinajstić information content (AvgIpc) is 3.59. The van der Waals surface area contributed by atoms with Crippen molar-refractivity contribution in [2.75, 3.05) is 4.90 Å². The van der Waals surface area contributed by atoms with E-state index in [4.69, 9.17) is 13.8 Å². The molecule has 0 unspecified atom stereocenters. The number of hydrogen-bond donors (Lipinski definition) is 0. The van der Waals surface area contributed by atoms with Crippen LogP contribution in [0.1, 0.15) is 0 Å². The number of para-hydroxylation sites is 4. The minimum atomic E-state index is 0.611. The van der Waals surface area contributed by atoms with Crippen molar-refractivity contribution in [2.24, 2.45) is 0 Å². The summed E-state index contributed by atoms with van der Waals surface area (Å²) in [6.07, 6.45) is 0. The molecule has 0 aliphatic heterocycles. The smallest absolute Gasteiger partial charge is 0.227 e. The second-order valence-electron chi connectivity index (χ2n) is 9.62. The number of hydrogen-bond acceptors (Lipinski definition) is 4. The Labute approximate surface area is 224 Å². The van der Waals surface area contributed by atoms with Crippen LogP contribution >= 0.6 is 0 Å². The lowest BCUT2D eigenvalue weighted by molar-refractivity contribution is 0.620. The number of benzene rings is 6. The maximum Gasteiger partial charge on any atom is 0.227 e. The maximum absolute atomic E-state index is 6.60. The highest BCUT2D eigenvalue weighted by atomic mass is 16.3. The van der Waals surface area contributed by atoms with E-state index in [2.05, 4.69) is 89.8 Å². The van der Waals surface area contributed by atoms with Gasteiger partial charge in [-0.3, -0.25) is 0 Å². The lowest BCUT2D eigenvalue weighted by Crippen LogP contribution is -2.09. The van der Waals surface area contributed by atoms with E-state index in [9.17, 15) is 0 Å². The lowest BCUT2D eigenvalue weighted by Gasteiger charge is -2.25. The van der Waals surface area contributed by atoms with Crippen LogP contribution in [0.4, 0.5) is 17.1 Å². The van der Waals surface area contributed by atoms with Crippen LogP contribution in [0.25, 0.3) is 55.3 Å². The standard InChI is InChI=1S/C35H22N2O2/c1-3-11-23(12-4-1)37(24-13-5-2-6-14-24)25-19-20-27-29-22-30(35-36-31-17-9-10-18-32(31)39-35)26-15-7-8-16-28(26)34(29)38-33(27)21-25/h1-22H. The number of aromatic nitrogens is 1. The van der Waals surface area contributed by atoms with E-state index < -0.39 is 0 Å². The molecule has 2 aromatic heterocycles. The first-order chi connectivity index (χ1) is 19.3. The van der Waals surface area contributed by atoms with E-state index in [0.29, 0.717) is 5.89 Å². The third-order valence-electron chi connectivity index (χ3n) is 7.27. The van der Waals surface area contributed by atoms with Gasteiger partial charge in [0.1, 0.15) is 16.7 Å². The van der Waals surface area contributed by atoms with Crippen molar-refractivity contribution in [2.45, 2.75) is 0 Å². The van der Waals surface area contributed by atoms with Crippen LogP contribution in [-0.4, -0.2) is 4.98 Å². The van der Waals surface area contributed by atoms with Crippen molar-refractivity contribution in [3.05, 3.63) is 133 Å². The Morgan fingerprint density at radius 3 is 1.87 bits per heavy atom. The second kappa shape index (κ2) is 8.61. The quantitative estimate of drug-likeness (QED) is 0.240. The summed E-state index contributed by atoms with van der Waals surface area (Å²) < 4.78 is 12.8. The Bertz CT molecular complexity index is 2050. The van der Waals surface area contributed by atoms with Crippen molar-refractivity contribution in [1.29, 1.82) is 0 Å². The Morgan fingerprint density at radius 1 is 0.462 bits per heavy atom. The molecule has 6 aromatic carbocycles. The second-order valence-corrected chi connectivity index (χ2v) is 9.62. The fourth-order valence-electron chi connectivity index (χ4n) is 5.49. The Balaban J connectivity index is 1.36. The van der Waals surface area contributed by atoms with Gasteiger partial charge in [-0.25, -0.2) is 4.98 Å². The molecule has 0 amide bonds. The summed E-state index contributed by atoms with van der Waals surface area (Å²) in [6, 6.07) is 45.6. The van der Waals surface area contributed by atoms with Gasteiger partial charge in [-0.1, -0.05) is 72.8 Å². The van der Waals surface area contributed by atoms with Gasteiger partial charge >= 0.3 is 0 Å². The Hall–Kier alpha value is -5.35. The molecular formula is C35H22N2O2. The van der Waals surface area contributed by atoms with Crippen LogP contribution in [-0.2, 0) is 0 Å². The van der Waals surface area contributed by atoms with Crippen LogP contribution < -0.4 is 4.90 Å². The molecule has 0 atom stereocenters. The number of rotatable bonds is 4. The molecule has 0 saturated carbocycles. The highest BCUT2D eigenvalue weighted by molar-refractivity contribution is 6.19. The van der Waals surface area contributed by atoms with E-state index in [1.165, 1.54) is 0 Å². The van der Waals surface area contributed by atoms with E-state index in [-0.39, 0.29) is 0 Å². The van der Waals surface area contributed by atoms with Gasteiger partial charge in [0.2, 0.25) is 5.89 Å². The van der Waals surface area contributed by atoms with Gasteiger partial charge < -0.3 is 13.7 Å². The van der Waals surface area contributed by atoms with Crippen LogP contribution in [0.15, 0.2) is 142 Å². The van der Waals surface area contributed by atoms with Gasteiger partial charge in [0, 0.05) is 44.9 Å². The maximum atomic E-state index is 6.60. The molecule has 0 fully saturated rings. The van der Waals surface area contributed by atoms with E-state index in [1.807, 2.05) is 48.5 Å². The van der Waals surface area contributed by atoms with Gasteiger partial charge in [0.05, 0.1) is 0 Å². The molecule has 8 aromatic rings. The Kier molecular flexibility index (Phi) is 4.79. The van der Waals surface area contributed by atoms with Gasteiger partial charge in [-0.15, -0.1) is 0 Å². The third kappa shape index (κ3) is 3.50. The first-order valence-electron chi connectivity index (χ1n) is 13.0. The largest absolute Gasteiger partial charge is 0.455 e. The fraction of sp³-hybridized carbons (Fsp3) is 0. The highest BCUT2D eigenvalue weighted by Gasteiger charge is 2.19. The van der Waals surface area contributed by atoms with Crippen LogP contribution in [0.3, 0.4) is 0 Å². The summed E-state index contributed by atoms with van der Waals surface area (Å²) in [6.45, 7) is 0. The molecule has 0 aliphatic rings. The third-order valence-corrected chi connectivity index (χ3v) is 7.27. The molecule has 0 N–H and O–H groups in total. The van der Waals surface area contributed by atoms with Crippen molar-refractivity contribution in [3.63, 3.8) is 0 Å². The predicted octanol–water partition coefficient (Wildman–Crippen LogP) is 10.0. The zero-order valence-electron chi connectivity index (χ0n) is 20.9. The zero-order valence-corrected chi connectivity index (χ0v) is 20.9. The molecule has 0 radical (unpaired) electrons. The van der Waals surface area contributed by atoms with Gasteiger partial charge in [0.15, 0.2) is 5.58 Å². The van der Waals surface area contributed by atoms with Crippen LogP contribution in [0, 0.1) is 0 Å².